The Morgan fingerprint density at radius 2 is 2.27 bits per heavy atom. The Labute approximate surface area is 93.0 Å². The molecule has 1 aromatic rings. The first-order chi connectivity index (χ1) is 7.27. The number of benzene rings is 1. The van der Waals surface area contributed by atoms with Gasteiger partial charge >= 0.3 is 0 Å². The van der Waals surface area contributed by atoms with Gasteiger partial charge in [-0.2, -0.15) is 0 Å². The zero-order valence-corrected chi connectivity index (χ0v) is 9.35. The molecule has 1 N–H and O–H groups in total. The SMILES string of the molecule is CC(NC1=NCCS1)c1ccccc1F. The third-order valence-corrected chi connectivity index (χ3v) is 3.20. The molecule has 0 amide bonds. The van der Waals surface area contributed by atoms with E-state index in [1.54, 1.807) is 23.9 Å². The summed E-state index contributed by atoms with van der Waals surface area (Å²) in [5, 5.41) is 4.13. The molecule has 0 saturated heterocycles. The molecule has 2 rings (SSSR count). The Morgan fingerprint density at radius 1 is 1.47 bits per heavy atom. The van der Waals surface area contributed by atoms with Gasteiger partial charge in [0.25, 0.3) is 0 Å². The normalized spacial score (nSPS) is 17.3. The van der Waals surface area contributed by atoms with Gasteiger partial charge in [0, 0.05) is 11.3 Å². The van der Waals surface area contributed by atoms with Crippen LogP contribution in [0.4, 0.5) is 4.39 Å². The maximum absolute atomic E-state index is 13.4. The van der Waals surface area contributed by atoms with Crippen molar-refractivity contribution in [2.24, 2.45) is 4.99 Å². The number of nitrogens with one attached hydrogen (secondary N) is 1. The van der Waals surface area contributed by atoms with Gasteiger partial charge in [0.1, 0.15) is 5.82 Å². The fourth-order valence-electron chi connectivity index (χ4n) is 1.51. The smallest absolute Gasteiger partial charge is 0.157 e. The third kappa shape index (κ3) is 2.50. The van der Waals surface area contributed by atoms with Crippen molar-refractivity contribution in [2.45, 2.75) is 13.0 Å². The number of thioether (sulfide) groups is 1. The molecule has 1 unspecified atom stereocenters. The summed E-state index contributed by atoms with van der Waals surface area (Å²) < 4.78 is 13.4. The second kappa shape index (κ2) is 4.66. The van der Waals surface area contributed by atoms with E-state index in [9.17, 15) is 4.39 Å². The van der Waals surface area contributed by atoms with Crippen molar-refractivity contribution in [1.29, 1.82) is 0 Å². The zero-order valence-electron chi connectivity index (χ0n) is 8.53. The maximum atomic E-state index is 13.4. The molecule has 2 nitrogen and oxygen atoms in total. The van der Waals surface area contributed by atoms with Crippen LogP contribution in [0.1, 0.15) is 18.5 Å². The number of aliphatic imine (C=N–C) groups is 1. The van der Waals surface area contributed by atoms with Gasteiger partial charge in [-0.1, -0.05) is 30.0 Å². The van der Waals surface area contributed by atoms with Crippen molar-refractivity contribution in [2.75, 3.05) is 12.3 Å². The van der Waals surface area contributed by atoms with Crippen molar-refractivity contribution in [3.05, 3.63) is 35.6 Å². The molecular formula is C11H13FN2S. The van der Waals surface area contributed by atoms with E-state index in [1.165, 1.54) is 6.07 Å². The van der Waals surface area contributed by atoms with Gasteiger partial charge in [0.05, 0.1) is 12.6 Å². The Hall–Kier alpha value is -1.03. The number of hydrogen-bond acceptors (Lipinski definition) is 3. The average Bonchev–Trinajstić information content (AvgIpc) is 2.71. The molecule has 15 heavy (non-hydrogen) atoms. The van der Waals surface area contributed by atoms with Crippen molar-refractivity contribution < 1.29 is 4.39 Å². The van der Waals surface area contributed by atoms with Gasteiger partial charge < -0.3 is 5.32 Å². The predicted molar refractivity (Wildman–Crippen MR) is 62.7 cm³/mol. The molecule has 0 spiro atoms. The molecule has 1 aliphatic rings. The molecule has 80 valence electrons. The molecule has 0 aromatic heterocycles. The Bertz CT molecular complexity index is 379. The molecule has 0 radical (unpaired) electrons. The van der Waals surface area contributed by atoms with Crippen LogP contribution in [0.2, 0.25) is 0 Å². The number of hydrogen-bond donors (Lipinski definition) is 1. The summed E-state index contributed by atoms with van der Waals surface area (Å²) in [4.78, 5) is 4.28. The third-order valence-electron chi connectivity index (χ3n) is 2.30. The van der Waals surface area contributed by atoms with Gasteiger partial charge in [-0.05, 0) is 13.0 Å². The minimum Gasteiger partial charge on any atom is -0.358 e. The van der Waals surface area contributed by atoms with Crippen LogP contribution in [-0.2, 0) is 0 Å². The van der Waals surface area contributed by atoms with E-state index >= 15 is 0 Å². The van der Waals surface area contributed by atoms with E-state index < -0.39 is 0 Å². The van der Waals surface area contributed by atoms with Gasteiger partial charge in [-0.15, -0.1) is 0 Å². The van der Waals surface area contributed by atoms with Crippen molar-refractivity contribution in [3.63, 3.8) is 0 Å². The Morgan fingerprint density at radius 3 is 2.93 bits per heavy atom. The van der Waals surface area contributed by atoms with Crippen LogP contribution in [-0.4, -0.2) is 17.5 Å². The van der Waals surface area contributed by atoms with Crippen LogP contribution in [0.3, 0.4) is 0 Å². The highest BCUT2D eigenvalue weighted by Crippen LogP contribution is 2.19. The van der Waals surface area contributed by atoms with Crippen LogP contribution >= 0.6 is 11.8 Å². The Balaban J connectivity index is 2.07. The first-order valence-corrected chi connectivity index (χ1v) is 5.94. The van der Waals surface area contributed by atoms with E-state index in [1.807, 2.05) is 13.0 Å². The summed E-state index contributed by atoms with van der Waals surface area (Å²) in [5.74, 6) is 0.855. The highest BCUT2D eigenvalue weighted by atomic mass is 32.2. The summed E-state index contributed by atoms with van der Waals surface area (Å²) in [5.41, 5.74) is 0.688. The molecular weight excluding hydrogens is 211 g/mol. The average molecular weight is 224 g/mol. The van der Waals surface area contributed by atoms with Crippen LogP contribution < -0.4 is 5.32 Å². The van der Waals surface area contributed by atoms with E-state index in [0.29, 0.717) is 5.56 Å². The lowest BCUT2D eigenvalue weighted by Gasteiger charge is -2.15. The van der Waals surface area contributed by atoms with E-state index in [2.05, 4.69) is 10.3 Å². The van der Waals surface area contributed by atoms with Gasteiger partial charge in [-0.3, -0.25) is 4.99 Å². The van der Waals surface area contributed by atoms with Crippen LogP contribution in [0.25, 0.3) is 0 Å². The van der Waals surface area contributed by atoms with E-state index in [-0.39, 0.29) is 11.9 Å². The van der Waals surface area contributed by atoms with Crippen LogP contribution in [0, 0.1) is 5.82 Å². The molecule has 0 bridgehead atoms. The molecule has 1 aliphatic heterocycles. The number of halogens is 1. The zero-order chi connectivity index (χ0) is 10.7. The number of amidine groups is 1. The fraction of sp³-hybridized carbons (Fsp3) is 0.364. The monoisotopic (exact) mass is 224 g/mol. The second-order valence-electron chi connectivity index (χ2n) is 3.42. The van der Waals surface area contributed by atoms with E-state index in [4.69, 9.17) is 0 Å². The molecule has 0 fully saturated rings. The first kappa shape index (κ1) is 10.5. The lowest BCUT2D eigenvalue weighted by Crippen LogP contribution is -2.23. The van der Waals surface area contributed by atoms with Crippen molar-refractivity contribution >= 4 is 16.9 Å². The highest BCUT2D eigenvalue weighted by Gasteiger charge is 2.14. The fourth-order valence-corrected chi connectivity index (χ4v) is 2.33. The molecule has 1 aromatic carbocycles. The predicted octanol–water partition coefficient (Wildman–Crippen LogP) is 2.58. The Kier molecular flexibility index (Phi) is 3.26. The largest absolute Gasteiger partial charge is 0.358 e. The topological polar surface area (TPSA) is 24.4 Å². The standard InChI is InChI=1S/C11H13FN2S/c1-8(14-11-13-6-7-15-11)9-4-2-3-5-10(9)12/h2-5,8H,6-7H2,1H3,(H,13,14). The van der Waals surface area contributed by atoms with Crippen molar-refractivity contribution in [3.8, 4) is 0 Å². The summed E-state index contributed by atoms with van der Waals surface area (Å²) in [6.45, 7) is 2.80. The number of rotatable bonds is 2. The lowest BCUT2D eigenvalue weighted by molar-refractivity contribution is 0.580. The molecule has 0 saturated carbocycles. The van der Waals surface area contributed by atoms with Gasteiger partial charge in [0.2, 0.25) is 0 Å². The van der Waals surface area contributed by atoms with Gasteiger partial charge in [0.15, 0.2) is 5.17 Å². The quantitative estimate of drug-likeness (QED) is 0.835. The van der Waals surface area contributed by atoms with Crippen LogP contribution in [0.15, 0.2) is 29.3 Å². The summed E-state index contributed by atoms with van der Waals surface area (Å²) in [6, 6.07) is 6.80. The second-order valence-corrected chi connectivity index (χ2v) is 4.51. The minimum atomic E-state index is -0.166. The first-order valence-electron chi connectivity index (χ1n) is 4.95. The minimum absolute atomic E-state index is 0.0319. The van der Waals surface area contributed by atoms with Crippen LogP contribution in [0.5, 0.6) is 0 Å². The molecule has 4 heteroatoms. The number of nitrogens with zero attached hydrogens (tertiary/aromatic N) is 1. The molecule has 0 aliphatic carbocycles. The van der Waals surface area contributed by atoms with E-state index in [0.717, 1.165) is 17.5 Å². The lowest BCUT2D eigenvalue weighted by atomic mass is 10.1. The molecule has 1 atom stereocenters. The van der Waals surface area contributed by atoms with Gasteiger partial charge in [-0.25, -0.2) is 4.39 Å². The van der Waals surface area contributed by atoms with Crippen molar-refractivity contribution in [1.82, 2.24) is 5.32 Å². The summed E-state index contributed by atoms with van der Waals surface area (Å²) in [7, 11) is 0. The highest BCUT2D eigenvalue weighted by molar-refractivity contribution is 8.14. The molecule has 1 heterocycles. The summed E-state index contributed by atoms with van der Waals surface area (Å²) in [6.07, 6.45) is 0. The summed E-state index contributed by atoms with van der Waals surface area (Å²) >= 11 is 1.69. The maximum Gasteiger partial charge on any atom is 0.157 e.